The molecular weight excluding hydrogens is 148 g/mol. The van der Waals surface area contributed by atoms with Gasteiger partial charge in [0.1, 0.15) is 6.29 Å². The molecule has 1 fully saturated rings. The number of rotatable bonds is 2. The largest absolute Gasteiger partial charge is 0.303 e. The summed E-state index contributed by atoms with van der Waals surface area (Å²) in [6.07, 6.45) is 5.63. The van der Waals surface area contributed by atoms with Gasteiger partial charge in [0.25, 0.3) is 0 Å². The van der Waals surface area contributed by atoms with E-state index in [2.05, 4.69) is 20.8 Å². The first-order valence-corrected chi connectivity index (χ1v) is 5.00. The second-order valence-corrected chi connectivity index (χ2v) is 4.94. The molecule has 12 heavy (non-hydrogen) atoms. The topological polar surface area (TPSA) is 17.1 Å². The van der Waals surface area contributed by atoms with Gasteiger partial charge < -0.3 is 4.79 Å². The average molecular weight is 168 g/mol. The fourth-order valence-corrected chi connectivity index (χ4v) is 2.26. The molecule has 1 rings (SSSR count). The fourth-order valence-electron chi connectivity index (χ4n) is 2.26. The van der Waals surface area contributed by atoms with E-state index in [1.54, 1.807) is 0 Å². The highest BCUT2D eigenvalue weighted by atomic mass is 16.1. The van der Waals surface area contributed by atoms with Gasteiger partial charge in [-0.15, -0.1) is 0 Å². The molecular formula is C11H20O. The number of aldehydes is 1. The van der Waals surface area contributed by atoms with Crippen LogP contribution in [-0.4, -0.2) is 6.29 Å². The van der Waals surface area contributed by atoms with Gasteiger partial charge in [0.2, 0.25) is 0 Å². The van der Waals surface area contributed by atoms with Gasteiger partial charge in [-0.25, -0.2) is 0 Å². The molecule has 0 saturated heterocycles. The summed E-state index contributed by atoms with van der Waals surface area (Å²) < 4.78 is 0. The second-order valence-electron chi connectivity index (χ2n) is 4.94. The first-order valence-electron chi connectivity index (χ1n) is 5.00. The number of carbonyl (C=O) groups excluding carboxylic acids is 1. The Morgan fingerprint density at radius 1 is 1.42 bits per heavy atom. The zero-order chi connectivity index (χ0) is 9.19. The van der Waals surface area contributed by atoms with Crippen molar-refractivity contribution in [3.05, 3.63) is 0 Å². The third-order valence-electron chi connectivity index (χ3n) is 3.59. The van der Waals surface area contributed by atoms with Crippen LogP contribution in [0.3, 0.4) is 0 Å². The van der Waals surface area contributed by atoms with E-state index >= 15 is 0 Å². The molecule has 0 N–H and O–H groups in total. The van der Waals surface area contributed by atoms with Crippen LogP contribution in [0.2, 0.25) is 0 Å². The lowest BCUT2D eigenvalue weighted by Gasteiger charge is -2.40. The van der Waals surface area contributed by atoms with E-state index in [4.69, 9.17) is 0 Å². The Hall–Kier alpha value is -0.330. The zero-order valence-corrected chi connectivity index (χ0v) is 8.47. The van der Waals surface area contributed by atoms with Gasteiger partial charge in [-0.05, 0) is 36.5 Å². The molecule has 0 aromatic heterocycles. The fraction of sp³-hybridized carbons (Fsp3) is 0.909. The molecule has 1 heteroatoms. The van der Waals surface area contributed by atoms with Crippen molar-refractivity contribution in [2.45, 2.75) is 46.5 Å². The standard InChI is InChI=1S/C11H20O/c1-9-4-5-10(6-7-12)8-11(9,2)3/h7,9-10H,4-6,8H2,1-3H3. The lowest BCUT2D eigenvalue weighted by Crippen LogP contribution is -2.30. The monoisotopic (exact) mass is 168 g/mol. The molecule has 2 unspecified atom stereocenters. The van der Waals surface area contributed by atoms with E-state index in [9.17, 15) is 4.79 Å². The van der Waals surface area contributed by atoms with Gasteiger partial charge in [0.15, 0.2) is 0 Å². The lowest BCUT2D eigenvalue weighted by molar-refractivity contribution is -0.109. The van der Waals surface area contributed by atoms with E-state index in [1.165, 1.54) is 19.3 Å². The van der Waals surface area contributed by atoms with Gasteiger partial charge in [0.05, 0.1) is 0 Å². The molecule has 1 nitrogen and oxygen atoms in total. The van der Waals surface area contributed by atoms with Gasteiger partial charge in [0, 0.05) is 6.42 Å². The van der Waals surface area contributed by atoms with Crippen LogP contribution in [0.25, 0.3) is 0 Å². The van der Waals surface area contributed by atoms with Crippen LogP contribution in [-0.2, 0) is 4.79 Å². The molecule has 1 aliphatic carbocycles. The number of hydrogen-bond donors (Lipinski definition) is 0. The maximum absolute atomic E-state index is 10.4. The van der Waals surface area contributed by atoms with Gasteiger partial charge >= 0.3 is 0 Å². The summed E-state index contributed by atoms with van der Waals surface area (Å²) in [7, 11) is 0. The van der Waals surface area contributed by atoms with Gasteiger partial charge in [-0.1, -0.05) is 20.8 Å². The maximum atomic E-state index is 10.4. The molecule has 0 amide bonds. The highest BCUT2D eigenvalue weighted by Gasteiger charge is 2.33. The van der Waals surface area contributed by atoms with Gasteiger partial charge in [-0.2, -0.15) is 0 Å². The van der Waals surface area contributed by atoms with Crippen LogP contribution >= 0.6 is 0 Å². The molecule has 0 aromatic rings. The van der Waals surface area contributed by atoms with Crippen molar-refractivity contribution in [2.75, 3.05) is 0 Å². The van der Waals surface area contributed by atoms with Crippen molar-refractivity contribution < 1.29 is 4.79 Å². The minimum atomic E-state index is 0.450. The van der Waals surface area contributed by atoms with E-state index in [1.807, 2.05) is 0 Å². The van der Waals surface area contributed by atoms with Crippen molar-refractivity contribution >= 4 is 6.29 Å². The predicted octanol–water partition coefficient (Wildman–Crippen LogP) is 3.04. The zero-order valence-electron chi connectivity index (χ0n) is 8.47. The minimum absolute atomic E-state index is 0.450. The SMILES string of the molecule is CC1CCC(CC=O)CC1(C)C. The Labute approximate surface area is 75.5 Å². The summed E-state index contributed by atoms with van der Waals surface area (Å²) in [4.78, 5) is 10.4. The molecule has 0 aromatic carbocycles. The van der Waals surface area contributed by atoms with Crippen molar-refractivity contribution in [1.82, 2.24) is 0 Å². The molecule has 0 heterocycles. The molecule has 0 bridgehead atoms. The van der Waals surface area contributed by atoms with Crippen LogP contribution in [0, 0.1) is 17.3 Å². The first-order chi connectivity index (χ1) is 5.56. The van der Waals surface area contributed by atoms with Crippen LogP contribution in [0.5, 0.6) is 0 Å². The minimum Gasteiger partial charge on any atom is -0.303 e. The molecule has 0 spiro atoms. The third kappa shape index (κ3) is 2.09. The van der Waals surface area contributed by atoms with Crippen LogP contribution < -0.4 is 0 Å². The molecule has 1 saturated carbocycles. The molecule has 0 radical (unpaired) electrons. The molecule has 0 aliphatic heterocycles. The summed E-state index contributed by atoms with van der Waals surface area (Å²) in [6.45, 7) is 6.99. The van der Waals surface area contributed by atoms with E-state index in [-0.39, 0.29) is 0 Å². The average Bonchev–Trinajstić information content (AvgIpc) is 1.97. The van der Waals surface area contributed by atoms with Crippen molar-refractivity contribution in [3.8, 4) is 0 Å². The second kappa shape index (κ2) is 3.59. The summed E-state index contributed by atoms with van der Waals surface area (Å²) in [6, 6.07) is 0. The van der Waals surface area contributed by atoms with Crippen LogP contribution in [0.15, 0.2) is 0 Å². The summed E-state index contributed by atoms with van der Waals surface area (Å²) in [5, 5.41) is 0. The van der Waals surface area contributed by atoms with Crippen molar-refractivity contribution in [3.63, 3.8) is 0 Å². The van der Waals surface area contributed by atoms with Crippen LogP contribution in [0.4, 0.5) is 0 Å². The molecule has 1 aliphatic rings. The predicted molar refractivity (Wildman–Crippen MR) is 51.0 cm³/mol. The van der Waals surface area contributed by atoms with E-state index in [0.29, 0.717) is 11.3 Å². The van der Waals surface area contributed by atoms with Crippen LogP contribution in [0.1, 0.15) is 46.5 Å². The Morgan fingerprint density at radius 2 is 2.08 bits per heavy atom. The molecule has 2 atom stereocenters. The Bertz CT molecular complexity index is 160. The van der Waals surface area contributed by atoms with Crippen molar-refractivity contribution in [1.29, 1.82) is 0 Å². The Morgan fingerprint density at radius 3 is 2.58 bits per heavy atom. The smallest absolute Gasteiger partial charge is 0.120 e. The Kier molecular flexibility index (Phi) is 2.92. The summed E-state index contributed by atoms with van der Waals surface area (Å²) >= 11 is 0. The normalized spacial score (nSPS) is 34.6. The summed E-state index contributed by atoms with van der Waals surface area (Å²) in [5.74, 6) is 1.48. The third-order valence-corrected chi connectivity index (χ3v) is 3.59. The maximum Gasteiger partial charge on any atom is 0.120 e. The van der Waals surface area contributed by atoms with Crippen molar-refractivity contribution in [2.24, 2.45) is 17.3 Å². The highest BCUT2D eigenvalue weighted by Crippen LogP contribution is 2.43. The van der Waals surface area contributed by atoms with E-state index in [0.717, 1.165) is 18.6 Å². The first kappa shape index (κ1) is 9.76. The van der Waals surface area contributed by atoms with E-state index < -0.39 is 0 Å². The Balaban J connectivity index is 2.50. The molecule has 70 valence electrons. The summed E-state index contributed by atoms with van der Waals surface area (Å²) in [5.41, 5.74) is 0.450. The quantitative estimate of drug-likeness (QED) is 0.579. The highest BCUT2D eigenvalue weighted by molar-refractivity contribution is 5.49. The number of carbonyl (C=O) groups is 1. The van der Waals surface area contributed by atoms with Gasteiger partial charge in [-0.3, -0.25) is 0 Å². The number of hydrogen-bond acceptors (Lipinski definition) is 1. The lowest BCUT2D eigenvalue weighted by atomic mass is 9.65.